The van der Waals surface area contributed by atoms with Gasteiger partial charge in [-0.2, -0.15) is 0 Å². The highest BCUT2D eigenvalue weighted by molar-refractivity contribution is 6.31. The average Bonchev–Trinajstić information content (AvgIpc) is 3.09. The fourth-order valence-corrected chi connectivity index (χ4v) is 4.08. The van der Waals surface area contributed by atoms with Gasteiger partial charge >= 0.3 is 0 Å². The molecule has 0 aromatic heterocycles. The van der Waals surface area contributed by atoms with Crippen LogP contribution in [0.2, 0.25) is 5.02 Å². The van der Waals surface area contributed by atoms with Crippen LogP contribution in [0.1, 0.15) is 44.1 Å². The predicted molar refractivity (Wildman–Crippen MR) is 81.7 cm³/mol. The molecule has 19 heavy (non-hydrogen) atoms. The smallest absolute Gasteiger partial charge is 0.0471 e. The predicted octanol–water partition coefficient (Wildman–Crippen LogP) is 3.96. The molecule has 1 saturated heterocycles. The van der Waals surface area contributed by atoms with E-state index in [0.29, 0.717) is 6.54 Å². The van der Waals surface area contributed by atoms with Gasteiger partial charge in [-0.05, 0) is 49.3 Å². The van der Waals surface area contributed by atoms with Crippen molar-refractivity contribution in [3.63, 3.8) is 0 Å². The number of hydrogen-bond donors (Lipinski definition) is 1. The summed E-state index contributed by atoms with van der Waals surface area (Å²) in [4.78, 5) is 2.59. The van der Waals surface area contributed by atoms with Gasteiger partial charge < -0.3 is 10.6 Å². The Balaban J connectivity index is 1.81. The molecule has 1 aromatic carbocycles. The van der Waals surface area contributed by atoms with Gasteiger partial charge in [-0.15, -0.1) is 0 Å². The highest BCUT2D eigenvalue weighted by Crippen LogP contribution is 2.38. The molecule has 0 spiro atoms. The van der Waals surface area contributed by atoms with Gasteiger partial charge in [0.1, 0.15) is 0 Å². The summed E-state index contributed by atoms with van der Waals surface area (Å²) >= 11 is 6.31. The van der Waals surface area contributed by atoms with Crippen LogP contribution in [0.3, 0.4) is 0 Å². The van der Waals surface area contributed by atoms with E-state index < -0.39 is 0 Å². The number of halogens is 1. The SMILES string of the molecule is NCc1ccc(N2CCCC2C2CCCC2)cc1Cl. The van der Waals surface area contributed by atoms with Crippen molar-refractivity contribution < 1.29 is 0 Å². The molecule has 1 saturated carbocycles. The molecule has 2 nitrogen and oxygen atoms in total. The Morgan fingerprint density at radius 1 is 1.16 bits per heavy atom. The number of nitrogens with zero attached hydrogens (tertiary/aromatic N) is 1. The fraction of sp³-hybridized carbons (Fsp3) is 0.625. The van der Waals surface area contributed by atoms with Gasteiger partial charge in [0.2, 0.25) is 0 Å². The third kappa shape index (κ3) is 2.61. The van der Waals surface area contributed by atoms with E-state index in [9.17, 15) is 0 Å². The van der Waals surface area contributed by atoms with Crippen molar-refractivity contribution in [3.05, 3.63) is 28.8 Å². The number of anilines is 1. The summed E-state index contributed by atoms with van der Waals surface area (Å²) in [5.74, 6) is 0.899. The van der Waals surface area contributed by atoms with Crippen molar-refractivity contribution >= 4 is 17.3 Å². The van der Waals surface area contributed by atoms with Crippen molar-refractivity contribution in [2.75, 3.05) is 11.4 Å². The molecule has 1 unspecified atom stereocenters. The standard InChI is InChI=1S/C16H23ClN2/c17-15-10-14(8-7-13(15)11-18)19-9-3-6-16(19)12-4-1-2-5-12/h7-8,10,12,16H,1-6,9,11,18H2. The van der Waals surface area contributed by atoms with Gasteiger partial charge in [-0.3, -0.25) is 0 Å². The Hall–Kier alpha value is -0.730. The minimum Gasteiger partial charge on any atom is -0.368 e. The molecule has 2 N–H and O–H groups in total. The monoisotopic (exact) mass is 278 g/mol. The first-order valence-corrected chi connectivity index (χ1v) is 7.92. The Labute approximate surface area is 120 Å². The van der Waals surface area contributed by atoms with Gasteiger partial charge in [0.15, 0.2) is 0 Å². The zero-order valence-corrected chi connectivity index (χ0v) is 12.2. The first-order chi connectivity index (χ1) is 9.29. The lowest BCUT2D eigenvalue weighted by atomic mass is 9.95. The molecule has 1 aliphatic heterocycles. The van der Waals surface area contributed by atoms with E-state index in [4.69, 9.17) is 17.3 Å². The van der Waals surface area contributed by atoms with E-state index in [1.807, 2.05) is 0 Å². The van der Waals surface area contributed by atoms with E-state index in [-0.39, 0.29) is 0 Å². The summed E-state index contributed by atoms with van der Waals surface area (Å²) < 4.78 is 0. The fourth-order valence-electron chi connectivity index (χ4n) is 3.83. The minimum absolute atomic E-state index is 0.519. The summed E-state index contributed by atoms with van der Waals surface area (Å²) in [5, 5.41) is 0.817. The molecule has 0 radical (unpaired) electrons. The van der Waals surface area contributed by atoms with Crippen LogP contribution in [0.25, 0.3) is 0 Å². The van der Waals surface area contributed by atoms with E-state index in [1.165, 1.54) is 50.8 Å². The Kier molecular flexibility index (Phi) is 3.99. The van der Waals surface area contributed by atoms with E-state index in [0.717, 1.165) is 22.5 Å². The second kappa shape index (κ2) is 5.72. The summed E-state index contributed by atoms with van der Waals surface area (Å²) in [6, 6.07) is 7.13. The van der Waals surface area contributed by atoms with Crippen LogP contribution >= 0.6 is 11.6 Å². The van der Waals surface area contributed by atoms with Crippen LogP contribution < -0.4 is 10.6 Å². The zero-order chi connectivity index (χ0) is 13.2. The molecule has 3 heteroatoms. The maximum Gasteiger partial charge on any atom is 0.0471 e. The molecule has 1 atom stereocenters. The van der Waals surface area contributed by atoms with Crippen molar-refractivity contribution in [2.45, 2.75) is 51.1 Å². The second-order valence-electron chi connectivity index (χ2n) is 5.93. The summed E-state index contributed by atoms with van der Waals surface area (Å²) in [6.45, 7) is 1.70. The number of hydrogen-bond acceptors (Lipinski definition) is 2. The molecule has 0 amide bonds. The van der Waals surface area contributed by atoms with Crippen molar-refractivity contribution in [1.82, 2.24) is 0 Å². The lowest BCUT2D eigenvalue weighted by Crippen LogP contribution is -2.34. The highest BCUT2D eigenvalue weighted by Gasteiger charge is 2.33. The number of nitrogens with two attached hydrogens (primary N) is 1. The average molecular weight is 279 g/mol. The van der Waals surface area contributed by atoms with E-state index in [2.05, 4.69) is 23.1 Å². The Morgan fingerprint density at radius 3 is 2.63 bits per heavy atom. The molecule has 1 aromatic rings. The quantitative estimate of drug-likeness (QED) is 0.907. The first kappa shape index (κ1) is 13.3. The van der Waals surface area contributed by atoms with Gasteiger partial charge in [-0.25, -0.2) is 0 Å². The van der Waals surface area contributed by atoms with Crippen LogP contribution in [0.5, 0.6) is 0 Å². The maximum absolute atomic E-state index is 6.31. The molecule has 104 valence electrons. The van der Waals surface area contributed by atoms with Gasteiger partial charge in [0.25, 0.3) is 0 Å². The molecule has 1 aliphatic carbocycles. The molecular weight excluding hydrogens is 256 g/mol. The zero-order valence-electron chi connectivity index (χ0n) is 11.4. The van der Waals surface area contributed by atoms with Crippen LogP contribution in [0, 0.1) is 5.92 Å². The lowest BCUT2D eigenvalue weighted by molar-refractivity contribution is 0.431. The van der Waals surface area contributed by atoms with Gasteiger partial charge in [0, 0.05) is 29.8 Å². The van der Waals surface area contributed by atoms with Crippen LogP contribution in [0.4, 0.5) is 5.69 Å². The van der Waals surface area contributed by atoms with Crippen molar-refractivity contribution in [3.8, 4) is 0 Å². The van der Waals surface area contributed by atoms with Gasteiger partial charge in [-0.1, -0.05) is 30.5 Å². The molecular formula is C16H23ClN2. The molecule has 3 rings (SSSR count). The van der Waals surface area contributed by atoms with E-state index >= 15 is 0 Å². The Bertz CT molecular complexity index is 440. The normalized spacial score (nSPS) is 24.3. The molecule has 2 fully saturated rings. The van der Waals surface area contributed by atoms with Crippen LogP contribution in [-0.2, 0) is 6.54 Å². The van der Waals surface area contributed by atoms with Crippen LogP contribution in [-0.4, -0.2) is 12.6 Å². The third-order valence-corrected chi connectivity index (χ3v) is 5.18. The first-order valence-electron chi connectivity index (χ1n) is 7.54. The second-order valence-corrected chi connectivity index (χ2v) is 6.33. The molecule has 2 aliphatic rings. The third-order valence-electron chi connectivity index (χ3n) is 4.83. The van der Waals surface area contributed by atoms with Crippen LogP contribution in [0.15, 0.2) is 18.2 Å². The largest absolute Gasteiger partial charge is 0.368 e. The lowest BCUT2D eigenvalue weighted by Gasteiger charge is -2.31. The topological polar surface area (TPSA) is 29.3 Å². The summed E-state index contributed by atoms with van der Waals surface area (Å²) in [5.41, 5.74) is 8.02. The number of rotatable bonds is 3. The van der Waals surface area contributed by atoms with E-state index in [1.54, 1.807) is 0 Å². The van der Waals surface area contributed by atoms with Gasteiger partial charge in [0.05, 0.1) is 0 Å². The minimum atomic E-state index is 0.519. The molecule has 0 bridgehead atoms. The molecule has 1 heterocycles. The maximum atomic E-state index is 6.31. The van der Waals surface area contributed by atoms with Crippen molar-refractivity contribution in [1.29, 1.82) is 0 Å². The summed E-state index contributed by atoms with van der Waals surface area (Å²) in [6.07, 6.45) is 8.33. The summed E-state index contributed by atoms with van der Waals surface area (Å²) in [7, 11) is 0. The van der Waals surface area contributed by atoms with Crippen molar-refractivity contribution in [2.24, 2.45) is 11.7 Å². The Morgan fingerprint density at radius 2 is 1.95 bits per heavy atom. The highest BCUT2D eigenvalue weighted by atomic mass is 35.5. The number of benzene rings is 1.